The number of hydrogen-bond donors (Lipinski definition) is 0. The van der Waals surface area contributed by atoms with Gasteiger partial charge in [-0.3, -0.25) is 18.4 Å². The van der Waals surface area contributed by atoms with Gasteiger partial charge in [0.15, 0.2) is 6.61 Å². The van der Waals surface area contributed by atoms with Crippen LogP contribution in [0, 0.1) is 5.41 Å². The topological polar surface area (TPSA) is 71.1 Å². The van der Waals surface area contributed by atoms with Crippen molar-refractivity contribution in [1.29, 1.82) is 0 Å². The minimum atomic E-state index is -4.60. The van der Waals surface area contributed by atoms with E-state index in [1.807, 2.05) is 0 Å². The van der Waals surface area contributed by atoms with E-state index in [2.05, 4.69) is 18.3 Å². The molecule has 0 unspecified atom stereocenters. The molecule has 3 aliphatic heterocycles. The number of esters is 1. The molecular weight excluding hydrogens is 268 g/mol. The second-order valence-corrected chi connectivity index (χ2v) is 5.41. The summed E-state index contributed by atoms with van der Waals surface area (Å²) in [5.41, 5.74) is -1.46. The summed E-state index contributed by atoms with van der Waals surface area (Å²) in [5.74, 6) is -1.14. The number of ether oxygens (including phenoxy) is 1. The van der Waals surface area contributed by atoms with Crippen molar-refractivity contribution in [3.63, 3.8) is 0 Å². The number of alkyl halides is 3. The van der Waals surface area contributed by atoms with Crippen LogP contribution in [-0.4, -0.2) is 38.6 Å². The van der Waals surface area contributed by atoms with Crippen LogP contribution in [0.2, 0.25) is 0 Å². The van der Waals surface area contributed by atoms with E-state index < -0.39 is 32.0 Å². The van der Waals surface area contributed by atoms with Gasteiger partial charge in [0.05, 0.1) is 19.8 Å². The molecule has 10 heteroatoms. The Kier molecular flexibility index (Phi) is 2.97. The SMILES string of the molecule is O=C(OCC(F)(F)F)C12COP(=O)(OC1)OC2. The van der Waals surface area contributed by atoms with Gasteiger partial charge in [0.1, 0.15) is 5.41 Å². The number of carbonyl (C=O) groups is 1. The second-order valence-electron chi connectivity index (χ2n) is 3.74. The van der Waals surface area contributed by atoms with Gasteiger partial charge in [-0.2, -0.15) is 13.2 Å². The number of phosphoric ester groups is 1. The van der Waals surface area contributed by atoms with Crippen LogP contribution in [0.25, 0.3) is 0 Å². The predicted molar refractivity (Wildman–Crippen MR) is 44.9 cm³/mol. The first kappa shape index (κ1) is 12.8. The van der Waals surface area contributed by atoms with Crippen molar-refractivity contribution in [2.24, 2.45) is 5.41 Å². The quantitative estimate of drug-likeness (QED) is 0.558. The van der Waals surface area contributed by atoms with E-state index >= 15 is 0 Å². The summed E-state index contributed by atoms with van der Waals surface area (Å²) in [6.07, 6.45) is -4.60. The molecule has 0 aliphatic carbocycles. The third-order valence-corrected chi connectivity index (χ3v) is 3.63. The fourth-order valence-electron chi connectivity index (χ4n) is 1.32. The summed E-state index contributed by atoms with van der Waals surface area (Å²) in [4.78, 5) is 11.5. The molecule has 17 heavy (non-hydrogen) atoms. The Morgan fingerprint density at radius 3 is 2.12 bits per heavy atom. The van der Waals surface area contributed by atoms with E-state index in [4.69, 9.17) is 0 Å². The average Bonchev–Trinajstić information content (AvgIpc) is 2.26. The van der Waals surface area contributed by atoms with E-state index in [9.17, 15) is 22.5 Å². The summed E-state index contributed by atoms with van der Waals surface area (Å²) in [5, 5.41) is 0. The minimum absolute atomic E-state index is 0.332. The monoisotopic (exact) mass is 276 g/mol. The van der Waals surface area contributed by atoms with Gasteiger partial charge < -0.3 is 4.74 Å². The molecule has 98 valence electrons. The molecule has 0 amide bonds. The highest BCUT2D eigenvalue weighted by Crippen LogP contribution is 2.60. The lowest BCUT2D eigenvalue weighted by Crippen LogP contribution is -2.51. The van der Waals surface area contributed by atoms with Crippen molar-refractivity contribution in [3.05, 3.63) is 0 Å². The van der Waals surface area contributed by atoms with Crippen molar-refractivity contribution in [3.8, 4) is 0 Å². The highest BCUT2D eigenvalue weighted by atomic mass is 31.2. The lowest BCUT2D eigenvalue weighted by Gasteiger charge is -2.41. The zero-order chi connectivity index (χ0) is 12.7. The van der Waals surface area contributed by atoms with Crippen LogP contribution in [0.3, 0.4) is 0 Å². The minimum Gasteiger partial charge on any atom is -0.455 e. The van der Waals surface area contributed by atoms with Crippen molar-refractivity contribution in [2.45, 2.75) is 6.18 Å². The average molecular weight is 276 g/mol. The van der Waals surface area contributed by atoms with Gasteiger partial charge in [-0.15, -0.1) is 0 Å². The second kappa shape index (κ2) is 3.94. The Balaban J connectivity index is 1.98. The van der Waals surface area contributed by atoms with Crippen LogP contribution >= 0.6 is 7.82 Å². The number of halogens is 3. The van der Waals surface area contributed by atoms with Crippen molar-refractivity contribution in [2.75, 3.05) is 26.4 Å². The molecule has 0 spiro atoms. The summed E-state index contributed by atoms with van der Waals surface area (Å²) < 4.78 is 65.0. The standard InChI is InChI=1S/C7H8F3O6P/c8-7(9,10)4-13-5(11)6-1-14-17(12,15-2-6)16-3-6/h1-4H2. The molecule has 0 atom stereocenters. The van der Waals surface area contributed by atoms with E-state index in [-0.39, 0.29) is 19.8 Å². The molecule has 0 aromatic carbocycles. The Labute approximate surface area is 93.6 Å². The zero-order valence-electron chi connectivity index (χ0n) is 8.36. The third kappa shape index (κ3) is 2.62. The number of rotatable bonds is 2. The lowest BCUT2D eigenvalue weighted by atomic mass is 9.91. The molecule has 3 rings (SSSR count). The van der Waals surface area contributed by atoms with E-state index in [0.717, 1.165) is 0 Å². The largest absolute Gasteiger partial charge is 0.474 e. The Hall–Kier alpha value is -0.630. The highest BCUT2D eigenvalue weighted by Gasteiger charge is 2.56. The zero-order valence-corrected chi connectivity index (χ0v) is 9.25. The summed E-state index contributed by atoms with van der Waals surface area (Å²) >= 11 is 0. The van der Waals surface area contributed by atoms with E-state index in [1.54, 1.807) is 0 Å². The van der Waals surface area contributed by atoms with Gasteiger partial charge in [0, 0.05) is 0 Å². The van der Waals surface area contributed by atoms with Crippen LogP contribution in [0.15, 0.2) is 0 Å². The van der Waals surface area contributed by atoms with Crippen molar-refractivity contribution >= 4 is 13.8 Å². The van der Waals surface area contributed by atoms with Crippen LogP contribution in [-0.2, 0) is 27.7 Å². The van der Waals surface area contributed by atoms with Gasteiger partial charge in [0.2, 0.25) is 0 Å². The molecule has 3 aliphatic rings. The Bertz CT molecular complexity index is 349. The molecule has 0 saturated carbocycles. The smallest absolute Gasteiger partial charge is 0.455 e. The van der Waals surface area contributed by atoms with Crippen LogP contribution < -0.4 is 0 Å². The van der Waals surface area contributed by atoms with Gasteiger partial charge in [-0.05, 0) is 0 Å². The van der Waals surface area contributed by atoms with Crippen LogP contribution in [0.5, 0.6) is 0 Å². The Morgan fingerprint density at radius 1 is 1.24 bits per heavy atom. The van der Waals surface area contributed by atoms with E-state index in [0.29, 0.717) is 0 Å². The van der Waals surface area contributed by atoms with Gasteiger partial charge in [-0.25, -0.2) is 4.57 Å². The van der Waals surface area contributed by atoms with Gasteiger partial charge >= 0.3 is 20.0 Å². The predicted octanol–water partition coefficient (Wildman–Crippen LogP) is 1.26. The first-order chi connectivity index (χ1) is 7.75. The molecule has 0 aromatic heterocycles. The van der Waals surface area contributed by atoms with E-state index in [1.165, 1.54) is 0 Å². The Morgan fingerprint density at radius 2 is 1.71 bits per heavy atom. The van der Waals surface area contributed by atoms with Crippen LogP contribution in [0.1, 0.15) is 0 Å². The van der Waals surface area contributed by atoms with Crippen LogP contribution in [0.4, 0.5) is 13.2 Å². The molecule has 0 aromatic rings. The first-order valence-corrected chi connectivity index (χ1v) is 5.98. The maximum Gasteiger partial charge on any atom is 0.474 e. The molecule has 0 radical (unpaired) electrons. The number of fused-ring (bicyclic) bond motifs is 3. The molecule has 2 bridgehead atoms. The first-order valence-electron chi connectivity index (χ1n) is 4.52. The third-order valence-electron chi connectivity index (χ3n) is 2.30. The number of phosphoric acid groups is 1. The molecule has 3 saturated heterocycles. The number of carbonyl (C=O) groups excluding carboxylic acids is 1. The highest BCUT2D eigenvalue weighted by molar-refractivity contribution is 7.48. The molecule has 0 N–H and O–H groups in total. The normalized spacial score (nSPS) is 36.9. The van der Waals surface area contributed by atoms with Gasteiger partial charge in [-0.1, -0.05) is 0 Å². The molecular formula is C7H8F3O6P. The number of hydrogen-bond acceptors (Lipinski definition) is 6. The fraction of sp³-hybridized carbons (Fsp3) is 0.857. The maximum absolute atomic E-state index is 11.9. The summed E-state index contributed by atoms with van der Waals surface area (Å²) in [6.45, 7) is -2.69. The van der Waals surface area contributed by atoms with Crippen molar-refractivity contribution < 1.29 is 40.8 Å². The molecule has 3 heterocycles. The molecule has 6 nitrogen and oxygen atoms in total. The maximum atomic E-state index is 11.9. The summed E-state index contributed by atoms with van der Waals surface area (Å²) in [6, 6.07) is 0. The van der Waals surface area contributed by atoms with Gasteiger partial charge in [0.25, 0.3) is 0 Å². The molecule has 3 fully saturated rings. The van der Waals surface area contributed by atoms with Crippen molar-refractivity contribution in [1.82, 2.24) is 0 Å². The lowest BCUT2D eigenvalue weighted by molar-refractivity contribution is -0.205. The summed E-state index contributed by atoms with van der Waals surface area (Å²) in [7, 11) is -3.59. The fourth-order valence-corrected chi connectivity index (χ4v) is 2.76.